The van der Waals surface area contributed by atoms with Crippen LogP contribution < -0.4 is 5.73 Å². The van der Waals surface area contributed by atoms with Gasteiger partial charge in [-0.3, -0.25) is 4.79 Å². The molecule has 0 bridgehead atoms. The third kappa shape index (κ3) is 20.5. The van der Waals surface area contributed by atoms with Crippen molar-refractivity contribution in [3.8, 4) is 0 Å². The van der Waals surface area contributed by atoms with Gasteiger partial charge in [0.2, 0.25) is 0 Å². The van der Waals surface area contributed by atoms with Crippen LogP contribution in [0.15, 0.2) is 0 Å². The Labute approximate surface area is 208 Å². The molecule has 2 N–H and O–H groups in total. The minimum atomic E-state index is -0.478. The van der Waals surface area contributed by atoms with E-state index in [4.69, 9.17) is 10.5 Å². The van der Waals surface area contributed by atoms with Crippen LogP contribution in [0.1, 0.15) is 169 Å². The number of unbranched alkanes of at least 4 members (excludes halogenated alkanes) is 17. The maximum absolute atomic E-state index is 12.5. The number of esters is 1. The van der Waals surface area contributed by atoms with Crippen molar-refractivity contribution in [2.75, 3.05) is 0 Å². The summed E-state index contributed by atoms with van der Waals surface area (Å²) >= 11 is 0. The first kappa shape index (κ1) is 32.4. The molecule has 3 heteroatoms. The zero-order valence-electron chi connectivity index (χ0n) is 23.2. The molecule has 3 atom stereocenters. The van der Waals surface area contributed by atoms with E-state index >= 15 is 0 Å². The Bertz CT molecular complexity index is 412. The lowest BCUT2D eigenvalue weighted by Gasteiger charge is -2.23. The molecule has 0 aliphatic rings. The summed E-state index contributed by atoms with van der Waals surface area (Å²) < 4.78 is 5.92. The lowest BCUT2D eigenvalue weighted by molar-refractivity contribution is -0.152. The van der Waals surface area contributed by atoms with Gasteiger partial charge < -0.3 is 10.5 Å². The van der Waals surface area contributed by atoms with Crippen molar-refractivity contribution >= 4 is 5.97 Å². The fourth-order valence-corrected chi connectivity index (χ4v) is 4.53. The van der Waals surface area contributed by atoms with Crippen molar-refractivity contribution in [3.05, 3.63) is 0 Å². The standard InChI is InChI=1S/C30H61NO2/c1-5-8-10-12-14-16-17-18-20-22-24-26-28(33-30(32)29(31)27(4)7-3)25-23-21-19-15-13-11-9-6-2/h27-29H,5-26,31H2,1-4H3/t27-,28?,29-/m0/s1. The maximum atomic E-state index is 12.5. The maximum Gasteiger partial charge on any atom is 0.323 e. The van der Waals surface area contributed by atoms with E-state index in [1.807, 2.05) is 6.92 Å². The highest BCUT2D eigenvalue weighted by atomic mass is 16.5. The van der Waals surface area contributed by atoms with E-state index in [2.05, 4.69) is 20.8 Å². The van der Waals surface area contributed by atoms with E-state index in [0.29, 0.717) is 0 Å². The fraction of sp³-hybridized carbons (Fsp3) is 0.967. The molecule has 33 heavy (non-hydrogen) atoms. The van der Waals surface area contributed by atoms with Gasteiger partial charge in [0.25, 0.3) is 0 Å². The summed E-state index contributed by atoms with van der Waals surface area (Å²) in [7, 11) is 0. The predicted octanol–water partition coefficient (Wildman–Crippen LogP) is 9.50. The van der Waals surface area contributed by atoms with Crippen LogP contribution in [0.2, 0.25) is 0 Å². The average molecular weight is 468 g/mol. The van der Waals surface area contributed by atoms with Gasteiger partial charge in [0.05, 0.1) is 0 Å². The van der Waals surface area contributed by atoms with E-state index in [-0.39, 0.29) is 18.0 Å². The van der Waals surface area contributed by atoms with Gasteiger partial charge >= 0.3 is 5.97 Å². The largest absolute Gasteiger partial charge is 0.461 e. The first-order chi connectivity index (χ1) is 16.1. The normalized spacial score (nSPS) is 14.2. The molecule has 0 aromatic carbocycles. The molecule has 0 fully saturated rings. The van der Waals surface area contributed by atoms with Gasteiger partial charge in [-0.2, -0.15) is 0 Å². The van der Waals surface area contributed by atoms with Crippen LogP contribution in [0.3, 0.4) is 0 Å². The molecule has 0 radical (unpaired) electrons. The molecule has 0 saturated heterocycles. The molecule has 0 saturated carbocycles. The molecule has 3 nitrogen and oxygen atoms in total. The van der Waals surface area contributed by atoms with E-state index in [1.165, 1.54) is 122 Å². The highest BCUT2D eigenvalue weighted by Gasteiger charge is 2.24. The molecule has 0 aromatic rings. The third-order valence-corrected chi connectivity index (χ3v) is 7.32. The first-order valence-corrected chi connectivity index (χ1v) is 15.0. The van der Waals surface area contributed by atoms with E-state index in [9.17, 15) is 4.79 Å². The summed E-state index contributed by atoms with van der Waals surface area (Å²) in [4.78, 5) is 12.5. The van der Waals surface area contributed by atoms with Crippen molar-refractivity contribution in [2.45, 2.75) is 181 Å². The summed E-state index contributed by atoms with van der Waals surface area (Å²) in [5.41, 5.74) is 6.14. The Balaban J connectivity index is 4.09. The Morgan fingerprint density at radius 2 is 0.939 bits per heavy atom. The second kappa shape index (κ2) is 24.6. The highest BCUT2D eigenvalue weighted by molar-refractivity contribution is 5.76. The summed E-state index contributed by atoms with van der Waals surface area (Å²) in [5, 5.41) is 0. The molecule has 0 heterocycles. The lowest BCUT2D eigenvalue weighted by Crippen LogP contribution is -2.39. The molecule has 0 aliphatic heterocycles. The molecule has 0 amide bonds. The van der Waals surface area contributed by atoms with Crippen LogP contribution in [-0.4, -0.2) is 18.1 Å². The van der Waals surface area contributed by atoms with Crippen molar-refractivity contribution in [1.82, 2.24) is 0 Å². The van der Waals surface area contributed by atoms with Gasteiger partial charge in [-0.1, -0.05) is 143 Å². The van der Waals surface area contributed by atoms with Gasteiger partial charge in [-0.25, -0.2) is 0 Å². The van der Waals surface area contributed by atoms with Crippen molar-refractivity contribution < 1.29 is 9.53 Å². The highest BCUT2D eigenvalue weighted by Crippen LogP contribution is 2.19. The molecule has 198 valence electrons. The van der Waals surface area contributed by atoms with E-state index in [0.717, 1.165) is 19.3 Å². The zero-order valence-corrected chi connectivity index (χ0v) is 23.2. The Hall–Kier alpha value is -0.570. The molecule has 0 rings (SSSR count). The smallest absolute Gasteiger partial charge is 0.323 e. The summed E-state index contributed by atoms with van der Waals surface area (Å²) in [6, 6.07) is -0.478. The number of ether oxygens (including phenoxy) is 1. The van der Waals surface area contributed by atoms with Crippen LogP contribution in [-0.2, 0) is 9.53 Å². The van der Waals surface area contributed by atoms with Gasteiger partial charge in [-0.05, 0) is 31.6 Å². The SMILES string of the molecule is CCCCCCCCCCCCCC(CCCCCCCCCC)OC(=O)[C@@H](N)[C@@H](C)CC. The molecular formula is C30H61NO2. The third-order valence-electron chi connectivity index (χ3n) is 7.32. The molecule has 0 aliphatic carbocycles. The Kier molecular flexibility index (Phi) is 24.1. The summed E-state index contributed by atoms with van der Waals surface area (Å²) in [6.07, 6.45) is 28.4. The number of hydrogen-bond donors (Lipinski definition) is 1. The van der Waals surface area contributed by atoms with Gasteiger partial charge in [-0.15, -0.1) is 0 Å². The van der Waals surface area contributed by atoms with E-state index < -0.39 is 6.04 Å². The molecule has 0 aromatic heterocycles. The minimum Gasteiger partial charge on any atom is -0.461 e. The Morgan fingerprint density at radius 1 is 0.606 bits per heavy atom. The van der Waals surface area contributed by atoms with Crippen molar-refractivity contribution in [3.63, 3.8) is 0 Å². The molecular weight excluding hydrogens is 406 g/mol. The van der Waals surface area contributed by atoms with Crippen LogP contribution >= 0.6 is 0 Å². The monoisotopic (exact) mass is 467 g/mol. The van der Waals surface area contributed by atoms with Gasteiger partial charge in [0.15, 0.2) is 0 Å². The fourth-order valence-electron chi connectivity index (χ4n) is 4.53. The molecule has 1 unspecified atom stereocenters. The quantitative estimate of drug-likeness (QED) is 0.107. The second-order valence-corrected chi connectivity index (χ2v) is 10.6. The first-order valence-electron chi connectivity index (χ1n) is 15.0. The lowest BCUT2D eigenvalue weighted by atomic mass is 9.99. The van der Waals surface area contributed by atoms with Gasteiger partial charge in [0.1, 0.15) is 12.1 Å². The minimum absolute atomic E-state index is 0.0614. The second-order valence-electron chi connectivity index (χ2n) is 10.6. The summed E-state index contributed by atoms with van der Waals surface area (Å²) in [6.45, 7) is 8.68. The topological polar surface area (TPSA) is 52.3 Å². The van der Waals surface area contributed by atoms with Gasteiger partial charge in [0, 0.05) is 0 Å². The van der Waals surface area contributed by atoms with Crippen LogP contribution in [0.25, 0.3) is 0 Å². The number of carbonyl (C=O) groups is 1. The predicted molar refractivity (Wildman–Crippen MR) is 146 cm³/mol. The number of rotatable bonds is 25. The molecule has 0 spiro atoms. The summed E-state index contributed by atoms with van der Waals surface area (Å²) in [5.74, 6) is 0.000215. The number of hydrogen-bond acceptors (Lipinski definition) is 3. The van der Waals surface area contributed by atoms with E-state index in [1.54, 1.807) is 0 Å². The number of nitrogens with two attached hydrogens (primary N) is 1. The number of carbonyl (C=O) groups excluding carboxylic acids is 1. The van der Waals surface area contributed by atoms with Crippen LogP contribution in [0.4, 0.5) is 0 Å². The zero-order chi connectivity index (χ0) is 24.6. The Morgan fingerprint density at radius 3 is 1.27 bits per heavy atom. The van der Waals surface area contributed by atoms with Crippen molar-refractivity contribution in [1.29, 1.82) is 0 Å². The average Bonchev–Trinajstić information content (AvgIpc) is 2.82. The van der Waals surface area contributed by atoms with Crippen LogP contribution in [0, 0.1) is 5.92 Å². The van der Waals surface area contributed by atoms with Crippen LogP contribution in [0.5, 0.6) is 0 Å². The van der Waals surface area contributed by atoms with Crippen molar-refractivity contribution in [2.24, 2.45) is 11.7 Å².